The van der Waals surface area contributed by atoms with Crippen molar-refractivity contribution in [3.63, 3.8) is 0 Å². The summed E-state index contributed by atoms with van der Waals surface area (Å²) < 4.78 is 5.77. The van der Waals surface area contributed by atoms with Gasteiger partial charge in [0.1, 0.15) is 12.4 Å². The second-order valence-corrected chi connectivity index (χ2v) is 5.24. The number of guanidine groups is 1. The fourth-order valence-corrected chi connectivity index (χ4v) is 2.09. The standard InChI is InChI=1S/C15H14Cl2N4O/c16-12-3-1-2-10(6-12)9-22-14-5-4-13(17)7-11(14)8-20-21-15(18)19/h1-8H,9H2,(H4,18,19,21). The van der Waals surface area contributed by atoms with Gasteiger partial charge in [0.2, 0.25) is 5.96 Å². The van der Waals surface area contributed by atoms with Gasteiger partial charge in [-0.3, -0.25) is 0 Å². The van der Waals surface area contributed by atoms with Crippen LogP contribution >= 0.6 is 23.2 Å². The number of nitrogens with zero attached hydrogens (tertiary/aromatic N) is 2. The lowest BCUT2D eigenvalue weighted by Gasteiger charge is -2.09. The zero-order valence-electron chi connectivity index (χ0n) is 11.5. The molecule has 0 amide bonds. The lowest BCUT2D eigenvalue weighted by Crippen LogP contribution is -2.21. The molecule has 22 heavy (non-hydrogen) atoms. The minimum Gasteiger partial charge on any atom is -0.488 e. The monoisotopic (exact) mass is 336 g/mol. The van der Waals surface area contributed by atoms with Crippen LogP contribution in [0.3, 0.4) is 0 Å². The maximum absolute atomic E-state index is 5.98. The molecule has 114 valence electrons. The predicted molar refractivity (Wildman–Crippen MR) is 90.6 cm³/mol. The molecule has 0 saturated heterocycles. The van der Waals surface area contributed by atoms with Gasteiger partial charge in [0.05, 0.1) is 6.21 Å². The molecule has 0 atom stereocenters. The summed E-state index contributed by atoms with van der Waals surface area (Å²) in [6.07, 6.45) is 1.47. The van der Waals surface area contributed by atoms with Crippen LogP contribution in [0.1, 0.15) is 11.1 Å². The first-order valence-electron chi connectivity index (χ1n) is 6.33. The van der Waals surface area contributed by atoms with Crippen LogP contribution in [-0.2, 0) is 6.61 Å². The average Bonchev–Trinajstić information content (AvgIpc) is 2.46. The molecule has 0 aliphatic carbocycles. The van der Waals surface area contributed by atoms with E-state index < -0.39 is 0 Å². The molecule has 0 radical (unpaired) electrons. The highest BCUT2D eigenvalue weighted by Crippen LogP contribution is 2.23. The van der Waals surface area contributed by atoms with E-state index in [-0.39, 0.29) is 5.96 Å². The van der Waals surface area contributed by atoms with Crippen LogP contribution < -0.4 is 16.2 Å². The van der Waals surface area contributed by atoms with Crippen LogP contribution in [0.4, 0.5) is 0 Å². The average molecular weight is 337 g/mol. The van der Waals surface area contributed by atoms with Crippen molar-refractivity contribution >= 4 is 35.4 Å². The Kier molecular flexibility index (Phi) is 5.63. The quantitative estimate of drug-likeness (QED) is 0.499. The molecule has 2 aromatic carbocycles. The summed E-state index contributed by atoms with van der Waals surface area (Å²) in [5.41, 5.74) is 12.1. The molecular weight excluding hydrogens is 323 g/mol. The van der Waals surface area contributed by atoms with Crippen molar-refractivity contribution in [2.75, 3.05) is 0 Å². The maximum Gasteiger partial charge on any atom is 0.211 e. The highest BCUT2D eigenvalue weighted by atomic mass is 35.5. The number of nitrogens with two attached hydrogens (primary N) is 2. The molecule has 0 saturated carbocycles. The van der Waals surface area contributed by atoms with Gasteiger partial charge in [0, 0.05) is 15.6 Å². The molecule has 0 unspecified atom stereocenters. The molecular formula is C15H14Cl2N4O. The lowest BCUT2D eigenvalue weighted by atomic mass is 10.2. The molecule has 0 aliphatic heterocycles. The Morgan fingerprint density at radius 1 is 1.09 bits per heavy atom. The number of hydrogen-bond acceptors (Lipinski definition) is 3. The third kappa shape index (κ3) is 4.95. The molecule has 0 aromatic heterocycles. The summed E-state index contributed by atoms with van der Waals surface area (Å²) in [5.74, 6) is 0.485. The molecule has 2 aromatic rings. The van der Waals surface area contributed by atoms with Gasteiger partial charge in [-0.05, 0) is 35.9 Å². The summed E-state index contributed by atoms with van der Waals surface area (Å²) >= 11 is 11.9. The third-order valence-corrected chi connectivity index (χ3v) is 3.10. The van der Waals surface area contributed by atoms with Crippen molar-refractivity contribution in [3.05, 3.63) is 63.6 Å². The number of rotatable bonds is 5. The van der Waals surface area contributed by atoms with E-state index in [0.717, 1.165) is 5.56 Å². The zero-order valence-corrected chi connectivity index (χ0v) is 13.1. The van der Waals surface area contributed by atoms with Crippen molar-refractivity contribution in [1.29, 1.82) is 0 Å². The minimum absolute atomic E-state index is 0.125. The summed E-state index contributed by atoms with van der Waals surface area (Å²) in [5, 5.41) is 8.53. The van der Waals surface area contributed by atoms with Gasteiger partial charge >= 0.3 is 0 Å². The van der Waals surface area contributed by atoms with Crippen LogP contribution in [-0.4, -0.2) is 12.2 Å². The van der Waals surface area contributed by atoms with E-state index in [9.17, 15) is 0 Å². The van der Waals surface area contributed by atoms with Crippen molar-refractivity contribution in [3.8, 4) is 5.75 Å². The van der Waals surface area contributed by atoms with Crippen LogP contribution in [0.2, 0.25) is 10.0 Å². The topological polar surface area (TPSA) is 86.0 Å². The van der Waals surface area contributed by atoms with Crippen LogP contribution in [0, 0.1) is 0 Å². The van der Waals surface area contributed by atoms with Crippen molar-refractivity contribution in [1.82, 2.24) is 0 Å². The second-order valence-electron chi connectivity index (χ2n) is 4.37. The molecule has 0 heterocycles. The molecule has 7 heteroatoms. The Labute approximate surface area is 138 Å². The Morgan fingerprint density at radius 2 is 1.86 bits per heavy atom. The van der Waals surface area contributed by atoms with E-state index in [1.165, 1.54) is 6.21 Å². The molecule has 0 fully saturated rings. The molecule has 0 spiro atoms. The first-order chi connectivity index (χ1) is 10.5. The van der Waals surface area contributed by atoms with Crippen molar-refractivity contribution in [2.45, 2.75) is 6.61 Å². The summed E-state index contributed by atoms with van der Waals surface area (Å²) in [6, 6.07) is 12.6. The van der Waals surface area contributed by atoms with Gasteiger partial charge in [-0.15, -0.1) is 5.10 Å². The first-order valence-corrected chi connectivity index (χ1v) is 7.09. The van der Waals surface area contributed by atoms with Gasteiger partial charge in [-0.1, -0.05) is 35.3 Å². The van der Waals surface area contributed by atoms with Gasteiger partial charge in [-0.2, -0.15) is 5.10 Å². The number of benzene rings is 2. The number of ether oxygens (including phenoxy) is 1. The molecule has 5 nitrogen and oxygen atoms in total. The maximum atomic E-state index is 5.98. The van der Waals surface area contributed by atoms with Crippen LogP contribution in [0.5, 0.6) is 5.75 Å². The molecule has 0 aliphatic rings. The summed E-state index contributed by atoms with van der Waals surface area (Å²) in [4.78, 5) is 0. The predicted octanol–water partition coefficient (Wildman–Crippen LogP) is 3.18. The SMILES string of the molecule is NC(N)=NN=Cc1cc(Cl)ccc1OCc1cccc(Cl)c1. The molecule has 2 rings (SSSR count). The lowest BCUT2D eigenvalue weighted by molar-refractivity contribution is 0.306. The Balaban J connectivity index is 2.16. The minimum atomic E-state index is -0.125. The van der Waals surface area contributed by atoms with E-state index in [2.05, 4.69) is 10.2 Å². The van der Waals surface area contributed by atoms with E-state index in [0.29, 0.717) is 28.0 Å². The van der Waals surface area contributed by atoms with E-state index in [1.807, 2.05) is 18.2 Å². The van der Waals surface area contributed by atoms with Gasteiger partial charge in [0.15, 0.2) is 0 Å². The Hall–Kier alpha value is -2.24. The number of hydrogen-bond donors (Lipinski definition) is 2. The van der Waals surface area contributed by atoms with Crippen molar-refractivity contribution < 1.29 is 4.74 Å². The highest BCUT2D eigenvalue weighted by Gasteiger charge is 2.04. The van der Waals surface area contributed by atoms with E-state index >= 15 is 0 Å². The number of halogens is 2. The third-order valence-electron chi connectivity index (χ3n) is 2.63. The Bertz CT molecular complexity index is 712. The van der Waals surface area contributed by atoms with Gasteiger partial charge < -0.3 is 16.2 Å². The fraction of sp³-hybridized carbons (Fsp3) is 0.0667. The van der Waals surface area contributed by atoms with E-state index in [1.54, 1.807) is 24.3 Å². The van der Waals surface area contributed by atoms with Crippen molar-refractivity contribution in [2.24, 2.45) is 21.7 Å². The first kappa shape index (κ1) is 16.1. The summed E-state index contributed by atoms with van der Waals surface area (Å²) in [7, 11) is 0. The van der Waals surface area contributed by atoms with Gasteiger partial charge in [0.25, 0.3) is 0 Å². The fourth-order valence-electron chi connectivity index (χ4n) is 1.70. The second kappa shape index (κ2) is 7.68. The van der Waals surface area contributed by atoms with Crippen LogP contribution in [0.15, 0.2) is 52.7 Å². The normalized spacial score (nSPS) is 10.6. The summed E-state index contributed by atoms with van der Waals surface area (Å²) in [6.45, 7) is 0.366. The van der Waals surface area contributed by atoms with E-state index in [4.69, 9.17) is 39.4 Å². The zero-order chi connectivity index (χ0) is 15.9. The highest BCUT2D eigenvalue weighted by molar-refractivity contribution is 6.31. The molecule has 0 bridgehead atoms. The largest absolute Gasteiger partial charge is 0.488 e. The van der Waals surface area contributed by atoms with Gasteiger partial charge in [-0.25, -0.2) is 0 Å². The smallest absolute Gasteiger partial charge is 0.211 e. The molecule has 4 N–H and O–H groups in total. The Morgan fingerprint density at radius 3 is 2.59 bits per heavy atom. The van der Waals surface area contributed by atoms with Crippen LogP contribution in [0.25, 0.3) is 0 Å².